The number of nitrogens with zero attached hydrogens (tertiary/aromatic N) is 2. The number of allylic oxidation sites excluding steroid dienone is 2. The second-order valence-electron chi connectivity index (χ2n) is 8.30. The number of ketones is 1. The Bertz CT molecular complexity index is 1060. The number of nitrogens with one attached hydrogen (secondary N) is 2. The summed E-state index contributed by atoms with van der Waals surface area (Å²) in [7, 11) is 0. The van der Waals surface area contributed by atoms with Crippen LogP contribution in [-0.2, 0) is 9.59 Å². The van der Waals surface area contributed by atoms with Crippen LogP contribution in [0.25, 0.3) is 16.3 Å². The number of carbonyl (C=O) groups excluding carboxylic acids is 2. The fraction of sp³-hybridized carbons (Fsp3) is 0.417. The second-order valence-corrected chi connectivity index (χ2v) is 8.30. The van der Waals surface area contributed by atoms with E-state index in [9.17, 15) is 9.59 Å². The van der Waals surface area contributed by atoms with Crippen molar-refractivity contribution in [3.63, 3.8) is 0 Å². The molecule has 6 nitrogen and oxygen atoms in total. The van der Waals surface area contributed by atoms with Gasteiger partial charge in [0.05, 0.1) is 5.69 Å². The average Bonchev–Trinajstić information content (AvgIpc) is 2.72. The summed E-state index contributed by atoms with van der Waals surface area (Å²) in [6, 6.07) is 3.59. The van der Waals surface area contributed by atoms with Gasteiger partial charge in [-0.3, -0.25) is 14.6 Å². The molecule has 3 heterocycles. The number of aromatic nitrogens is 2. The molecular weight excluding hydrogens is 376 g/mol. The van der Waals surface area contributed by atoms with Crippen molar-refractivity contribution in [3.05, 3.63) is 48.1 Å². The standard InChI is InChI=1S/C24H28N4O2/c1-4-21(29)20-9-15(3)18(14-26-20)19-10-16-13-27-22(11-17(16)12-25-19)28-23(30)24(5-2)7-6-8-24/h9-14,20,26H,4-8H2,1-3H3,(H,27,28,30). The van der Waals surface area contributed by atoms with Crippen LogP contribution >= 0.6 is 0 Å². The Hall–Kier alpha value is -3.02. The quantitative estimate of drug-likeness (QED) is 0.746. The van der Waals surface area contributed by atoms with E-state index < -0.39 is 0 Å². The SMILES string of the molecule is CCC(=O)C1C=C(C)C(c2cc3cnc(NC(=O)C4(CC)CCC4)cc3cn2)=CN1. The van der Waals surface area contributed by atoms with E-state index in [1.54, 1.807) is 12.4 Å². The lowest BCUT2D eigenvalue weighted by molar-refractivity contribution is -0.130. The first-order valence-electron chi connectivity index (χ1n) is 10.7. The first kappa shape index (κ1) is 20.3. The zero-order valence-electron chi connectivity index (χ0n) is 17.8. The van der Waals surface area contributed by atoms with Crippen molar-refractivity contribution in [1.29, 1.82) is 0 Å². The van der Waals surface area contributed by atoms with E-state index >= 15 is 0 Å². The minimum absolute atomic E-state index is 0.0723. The molecule has 1 amide bonds. The molecule has 2 aromatic heterocycles. The van der Waals surface area contributed by atoms with Gasteiger partial charge in [-0.05, 0) is 43.9 Å². The van der Waals surface area contributed by atoms with Crippen LogP contribution in [0.4, 0.5) is 5.82 Å². The molecule has 1 saturated carbocycles. The minimum Gasteiger partial charge on any atom is -0.378 e. The first-order valence-corrected chi connectivity index (χ1v) is 10.7. The fourth-order valence-electron chi connectivity index (χ4n) is 4.20. The van der Waals surface area contributed by atoms with Crippen LogP contribution in [0.3, 0.4) is 0 Å². The van der Waals surface area contributed by atoms with E-state index in [4.69, 9.17) is 0 Å². The minimum atomic E-state index is -0.269. The molecule has 0 saturated heterocycles. The Kier molecular flexibility index (Phi) is 5.41. The average molecular weight is 405 g/mol. The van der Waals surface area contributed by atoms with Crippen LogP contribution in [0.5, 0.6) is 0 Å². The van der Waals surface area contributed by atoms with Crippen LogP contribution < -0.4 is 10.6 Å². The van der Waals surface area contributed by atoms with Crippen molar-refractivity contribution in [2.75, 3.05) is 5.32 Å². The highest BCUT2D eigenvalue weighted by molar-refractivity contribution is 5.97. The molecule has 30 heavy (non-hydrogen) atoms. The molecule has 2 aliphatic rings. The van der Waals surface area contributed by atoms with Crippen molar-refractivity contribution >= 4 is 33.9 Å². The summed E-state index contributed by atoms with van der Waals surface area (Å²) < 4.78 is 0. The zero-order chi connectivity index (χ0) is 21.3. The van der Waals surface area contributed by atoms with Gasteiger partial charge >= 0.3 is 0 Å². The number of rotatable bonds is 6. The monoisotopic (exact) mass is 404 g/mol. The molecule has 2 aromatic rings. The molecule has 0 spiro atoms. The van der Waals surface area contributed by atoms with Gasteiger partial charge in [-0.2, -0.15) is 0 Å². The molecule has 0 bridgehead atoms. The van der Waals surface area contributed by atoms with Gasteiger partial charge in [-0.25, -0.2) is 4.98 Å². The Morgan fingerprint density at radius 2 is 1.90 bits per heavy atom. The van der Waals surface area contributed by atoms with Crippen LogP contribution in [0.15, 0.2) is 42.4 Å². The molecule has 1 unspecified atom stereocenters. The normalized spacial score (nSPS) is 19.9. The summed E-state index contributed by atoms with van der Waals surface area (Å²) in [5.41, 5.74) is 2.59. The summed E-state index contributed by atoms with van der Waals surface area (Å²) in [5, 5.41) is 8.04. The van der Waals surface area contributed by atoms with Gasteiger partial charge in [-0.1, -0.05) is 26.3 Å². The molecule has 0 radical (unpaired) electrons. The lowest BCUT2D eigenvalue weighted by Crippen LogP contribution is -2.41. The maximum Gasteiger partial charge on any atom is 0.231 e. The number of fused-ring (bicyclic) bond motifs is 1. The van der Waals surface area contributed by atoms with Crippen molar-refractivity contribution < 1.29 is 9.59 Å². The Morgan fingerprint density at radius 1 is 1.17 bits per heavy atom. The molecule has 1 atom stereocenters. The third-order valence-corrected chi connectivity index (χ3v) is 6.53. The van der Waals surface area contributed by atoms with E-state index in [0.717, 1.165) is 53.3 Å². The maximum atomic E-state index is 12.7. The molecule has 1 aliphatic carbocycles. The van der Waals surface area contributed by atoms with Crippen LogP contribution in [0.1, 0.15) is 58.6 Å². The van der Waals surface area contributed by atoms with Gasteiger partial charge in [0.2, 0.25) is 5.91 Å². The van der Waals surface area contributed by atoms with E-state index in [-0.39, 0.29) is 23.1 Å². The summed E-state index contributed by atoms with van der Waals surface area (Å²) in [4.78, 5) is 33.7. The predicted molar refractivity (Wildman–Crippen MR) is 119 cm³/mol. The first-order chi connectivity index (χ1) is 14.5. The van der Waals surface area contributed by atoms with Crippen LogP contribution in [0, 0.1) is 5.41 Å². The zero-order valence-corrected chi connectivity index (χ0v) is 17.8. The number of Topliss-reactive ketones (excluding diaryl/α,β-unsaturated/α-hetero) is 1. The van der Waals surface area contributed by atoms with E-state index in [1.807, 2.05) is 38.3 Å². The highest BCUT2D eigenvalue weighted by Crippen LogP contribution is 2.44. The third kappa shape index (κ3) is 3.62. The Morgan fingerprint density at radius 3 is 2.53 bits per heavy atom. The molecule has 156 valence electrons. The second kappa shape index (κ2) is 8.01. The number of dihydropyridines is 1. The van der Waals surface area contributed by atoms with E-state index in [0.29, 0.717) is 12.2 Å². The summed E-state index contributed by atoms with van der Waals surface area (Å²) in [5.74, 6) is 0.807. The molecule has 0 aromatic carbocycles. The topological polar surface area (TPSA) is 84.0 Å². The van der Waals surface area contributed by atoms with Gasteiger partial charge in [0.25, 0.3) is 0 Å². The number of anilines is 1. The lowest BCUT2D eigenvalue weighted by atomic mass is 9.66. The van der Waals surface area contributed by atoms with Gasteiger partial charge in [-0.15, -0.1) is 0 Å². The highest BCUT2D eigenvalue weighted by Gasteiger charge is 2.42. The molecular formula is C24H28N4O2. The Labute approximate surface area is 176 Å². The predicted octanol–water partition coefficient (Wildman–Crippen LogP) is 4.39. The van der Waals surface area contributed by atoms with Crippen molar-refractivity contribution in [3.8, 4) is 0 Å². The number of amides is 1. The molecule has 4 rings (SSSR count). The third-order valence-electron chi connectivity index (χ3n) is 6.53. The molecule has 1 aliphatic heterocycles. The maximum absolute atomic E-state index is 12.7. The van der Waals surface area contributed by atoms with E-state index in [1.165, 1.54) is 0 Å². The van der Waals surface area contributed by atoms with Crippen molar-refractivity contribution in [2.24, 2.45) is 5.41 Å². The molecule has 2 N–H and O–H groups in total. The smallest absolute Gasteiger partial charge is 0.231 e. The van der Waals surface area contributed by atoms with Gasteiger partial charge in [0, 0.05) is 46.8 Å². The lowest BCUT2D eigenvalue weighted by Gasteiger charge is -2.39. The summed E-state index contributed by atoms with van der Waals surface area (Å²) >= 11 is 0. The number of hydrogen-bond acceptors (Lipinski definition) is 5. The van der Waals surface area contributed by atoms with Crippen molar-refractivity contribution in [1.82, 2.24) is 15.3 Å². The summed E-state index contributed by atoms with van der Waals surface area (Å²) in [6.07, 6.45) is 11.8. The van der Waals surface area contributed by atoms with Crippen LogP contribution in [-0.4, -0.2) is 27.7 Å². The fourth-order valence-corrected chi connectivity index (χ4v) is 4.20. The summed E-state index contributed by atoms with van der Waals surface area (Å²) in [6.45, 7) is 5.94. The Balaban J connectivity index is 1.54. The van der Waals surface area contributed by atoms with Crippen molar-refractivity contribution in [2.45, 2.75) is 58.9 Å². The molecule has 6 heteroatoms. The van der Waals surface area contributed by atoms with Crippen LogP contribution in [0.2, 0.25) is 0 Å². The largest absolute Gasteiger partial charge is 0.378 e. The number of pyridine rings is 2. The van der Waals surface area contributed by atoms with Gasteiger partial charge < -0.3 is 10.6 Å². The van der Waals surface area contributed by atoms with Gasteiger partial charge in [0.1, 0.15) is 11.9 Å². The number of hydrogen-bond donors (Lipinski definition) is 2. The number of carbonyl (C=O) groups is 2. The van der Waals surface area contributed by atoms with E-state index in [2.05, 4.69) is 27.5 Å². The highest BCUT2D eigenvalue weighted by atomic mass is 16.2. The molecule has 1 fully saturated rings. The van der Waals surface area contributed by atoms with Gasteiger partial charge in [0.15, 0.2) is 5.78 Å².